The van der Waals surface area contributed by atoms with Crippen LogP contribution >= 0.6 is 0 Å². The Labute approximate surface area is 235 Å². The number of nitrogens with zero attached hydrogens (tertiary/aromatic N) is 1. The molecule has 0 saturated carbocycles. The summed E-state index contributed by atoms with van der Waals surface area (Å²) in [4.78, 5) is 40.1. The number of methoxy groups -OCH3 is 1. The van der Waals surface area contributed by atoms with Crippen molar-refractivity contribution in [1.29, 1.82) is 0 Å². The number of phenolic OH excluding ortho intramolecular Hbond substituents is 1. The molecular weight excluding hydrogens is 510 g/mol. The number of phenols is 1. The van der Waals surface area contributed by atoms with Crippen LogP contribution in [0.1, 0.15) is 69.6 Å². The summed E-state index contributed by atoms with van der Waals surface area (Å²) in [7, 11) is 1.64. The van der Waals surface area contributed by atoms with E-state index >= 15 is 0 Å². The zero-order valence-corrected chi connectivity index (χ0v) is 23.5. The van der Waals surface area contributed by atoms with Crippen LogP contribution in [-0.4, -0.2) is 41.7 Å². The molecule has 3 aromatic rings. The molecule has 3 rings (SSSR count). The van der Waals surface area contributed by atoms with Crippen molar-refractivity contribution in [2.75, 3.05) is 13.7 Å². The molecule has 0 bridgehead atoms. The van der Waals surface area contributed by atoms with E-state index in [1.54, 1.807) is 26.2 Å². The van der Waals surface area contributed by atoms with Crippen LogP contribution in [0.2, 0.25) is 0 Å². The highest BCUT2D eigenvalue weighted by Crippen LogP contribution is 2.40. The molecule has 0 heterocycles. The first-order chi connectivity index (χ1) is 19.2. The molecule has 8 nitrogen and oxygen atoms in total. The third-order valence-electron chi connectivity index (χ3n) is 6.85. The molecule has 2 amide bonds. The molecule has 0 aliphatic rings. The smallest absolute Gasteiger partial charge is 0.333 e. The normalized spacial score (nSPS) is 12.2. The predicted molar refractivity (Wildman–Crippen MR) is 151 cm³/mol. The summed E-state index contributed by atoms with van der Waals surface area (Å²) in [5, 5.41) is 10.4. The minimum Gasteiger partial charge on any atom is -0.508 e. The molecule has 1 atom stereocenters. The van der Waals surface area contributed by atoms with E-state index in [-0.39, 0.29) is 18.6 Å². The highest BCUT2D eigenvalue weighted by Gasteiger charge is 2.31. The van der Waals surface area contributed by atoms with Crippen molar-refractivity contribution in [2.45, 2.75) is 58.3 Å². The molecule has 0 radical (unpaired) electrons. The van der Waals surface area contributed by atoms with Gasteiger partial charge in [0.1, 0.15) is 17.2 Å². The number of hydrogen-bond donors (Lipinski definition) is 1. The van der Waals surface area contributed by atoms with Gasteiger partial charge in [-0.2, -0.15) is 0 Å². The molecule has 40 heavy (non-hydrogen) atoms. The maximum Gasteiger partial charge on any atom is 0.333 e. The first kappa shape index (κ1) is 30.2. The Morgan fingerprint density at radius 1 is 0.800 bits per heavy atom. The number of amides is 2. The lowest BCUT2D eigenvalue weighted by Crippen LogP contribution is -2.36. The number of hydrogen-bond acceptors (Lipinski definition) is 7. The van der Waals surface area contributed by atoms with E-state index in [1.165, 1.54) is 6.92 Å². The summed E-state index contributed by atoms with van der Waals surface area (Å²) >= 11 is 0. The van der Waals surface area contributed by atoms with Crippen molar-refractivity contribution in [1.82, 2.24) is 5.06 Å². The third-order valence-corrected chi connectivity index (χ3v) is 6.85. The highest BCUT2D eigenvalue weighted by molar-refractivity contribution is 5.93. The summed E-state index contributed by atoms with van der Waals surface area (Å²) in [5.74, 6) is -0.0454. The van der Waals surface area contributed by atoms with Crippen LogP contribution in [0.5, 0.6) is 17.2 Å². The minimum atomic E-state index is -0.619. The molecule has 8 heteroatoms. The Kier molecular flexibility index (Phi) is 10.7. The predicted octanol–water partition coefficient (Wildman–Crippen LogP) is 5.94. The van der Waals surface area contributed by atoms with Gasteiger partial charge in [0, 0.05) is 25.2 Å². The molecule has 0 spiro atoms. The van der Waals surface area contributed by atoms with E-state index in [1.807, 2.05) is 60.7 Å². The van der Waals surface area contributed by atoms with Crippen molar-refractivity contribution in [3.63, 3.8) is 0 Å². The Hall–Kier alpha value is -4.33. The van der Waals surface area contributed by atoms with E-state index < -0.39 is 23.2 Å². The van der Waals surface area contributed by atoms with Gasteiger partial charge in [-0.1, -0.05) is 43.3 Å². The Morgan fingerprint density at radius 2 is 1.32 bits per heavy atom. The van der Waals surface area contributed by atoms with Crippen LogP contribution in [0, 0.1) is 0 Å². The van der Waals surface area contributed by atoms with Gasteiger partial charge in [-0.15, -0.1) is 5.06 Å². The molecule has 3 aromatic carbocycles. The van der Waals surface area contributed by atoms with Gasteiger partial charge < -0.3 is 19.4 Å². The van der Waals surface area contributed by atoms with Gasteiger partial charge >= 0.3 is 5.97 Å². The quantitative estimate of drug-likeness (QED) is 0.170. The molecule has 1 unspecified atom stereocenters. The summed E-state index contributed by atoms with van der Waals surface area (Å²) < 4.78 is 11.3. The molecular formula is C32H37NO7. The van der Waals surface area contributed by atoms with E-state index in [9.17, 15) is 19.5 Å². The number of unbranched alkanes of at least 4 members (excludes halogenated alkanes) is 2. The minimum absolute atomic E-state index is 0.0721. The fraction of sp³-hybridized carbons (Fsp3) is 0.344. The topological polar surface area (TPSA) is 102 Å². The number of ether oxygens (including phenoxy) is 2. The third kappa shape index (κ3) is 7.62. The number of carbonyl (C=O) groups excluding carboxylic acids is 3. The Bertz CT molecular complexity index is 1270. The van der Waals surface area contributed by atoms with Crippen LogP contribution in [-0.2, 0) is 24.6 Å². The van der Waals surface area contributed by atoms with Gasteiger partial charge in [0.15, 0.2) is 0 Å². The Balaban J connectivity index is 1.57. The zero-order chi connectivity index (χ0) is 29.1. The maximum atomic E-state index is 12.0. The van der Waals surface area contributed by atoms with Crippen molar-refractivity contribution in [3.05, 3.63) is 89.5 Å². The lowest BCUT2D eigenvalue weighted by Gasteiger charge is -2.32. The summed E-state index contributed by atoms with van der Waals surface area (Å²) in [5.41, 5.74) is 2.70. The second kappa shape index (κ2) is 14.2. The lowest BCUT2D eigenvalue weighted by molar-refractivity contribution is -0.201. The largest absolute Gasteiger partial charge is 0.508 e. The number of carbonyl (C=O) groups is 3. The van der Waals surface area contributed by atoms with Crippen LogP contribution in [0.4, 0.5) is 0 Å². The number of imide groups is 1. The van der Waals surface area contributed by atoms with Crippen LogP contribution < -0.4 is 9.47 Å². The van der Waals surface area contributed by atoms with Gasteiger partial charge in [-0.3, -0.25) is 9.59 Å². The van der Waals surface area contributed by atoms with Crippen molar-refractivity contribution in [3.8, 4) is 17.2 Å². The van der Waals surface area contributed by atoms with Crippen LogP contribution in [0.15, 0.2) is 72.8 Å². The monoisotopic (exact) mass is 547 g/mol. The molecule has 0 saturated heterocycles. The lowest BCUT2D eigenvalue weighted by atomic mass is 9.71. The van der Waals surface area contributed by atoms with Crippen molar-refractivity contribution >= 4 is 17.8 Å². The van der Waals surface area contributed by atoms with Crippen LogP contribution in [0.3, 0.4) is 0 Å². The number of hydroxylamine groups is 2. The standard InChI is InChI=1S/C32H37NO7/c1-5-30(36)33(23(2)34)40-31(37)9-7-6-8-22-39-29-20-14-26(15-21-29)32(3,24-10-16-27(35)17-11-24)25-12-18-28(38-4)19-13-25/h10-21,35H,5-9,22H2,1-4H3. The fourth-order valence-electron chi connectivity index (χ4n) is 4.42. The molecule has 0 aliphatic carbocycles. The van der Waals surface area contributed by atoms with E-state index in [0.29, 0.717) is 18.1 Å². The molecule has 0 aliphatic heterocycles. The number of aromatic hydroxyl groups is 1. The SMILES string of the molecule is CCC(=O)N(OC(=O)CCCCCOc1ccc(C(C)(c2ccc(O)cc2)c2ccc(OC)cc2)cc1)C(C)=O. The molecule has 212 valence electrons. The van der Waals surface area contributed by atoms with E-state index in [4.69, 9.17) is 14.3 Å². The van der Waals surface area contributed by atoms with Crippen LogP contribution in [0.25, 0.3) is 0 Å². The second-order valence-corrected chi connectivity index (χ2v) is 9.61. The van der Waals surface area contributed by atoms with E-state index in [0.717, 1.165) is 41.0 Å². The summed E-state index contributed by atoms with van der Waals surface area (Å²) in [6, 6.07) is 23.2. The summed E-state index contributed by atoms with van der Waals surface area (Å²) in [6.45, 7) is 5.40. The van der Waals surface area contributed by atoms with Gasteiger partial charge in [-0.05, 0) is 79.3 Å². The number of rotatable bonds is 12. The second-order valence-electron chi connectivity index (χ2n) is 9.61. The molecule has 0 aromatic heterocycles. The average Bonchev–Trinajstić information content (AvgIpc) is 2.97. The zero-order valence-electron chi connectivity index (χ0n) is 23.5. The first-order valence-corrected chi connectivity index (χ1v) is 13.4. The van der Waals surface area contributed by atoms with Crippen molar-refractivity contribution in [2.24, 2.45) is 0 Å². The highest BCUT2D eigenvalue weighted by atomic mass is 16.7. The molecule has 1 N–H and O–H groups in total. The summed E-state index contributed by atoms with van der Waals surface area (Å²) in [6.07, 6.45) is 2.20. The van der Waals surface area contributed by atoms with E-state index in [2.05, 4.69) is 6.92 Å². The maximum absolute atomic E-state index is 12.0. The van der Waals surface area contributed by atoms with Gasteiger partial charge in [0.2, 0.25) is 0 Å². The number of benzene rings is 3. The fourth-order valence-corrected chi connectivity index (χ4v) is 4.42. The van der Waals surface area contributed by atoms with Gasteiger partial charge in [-0.25, -0.2) is 4.79 Å². The van der Waals surface area contributed by atoms with Gasteiger partial charge in [0.05, 0.1) is 13.7 Å². The Morgan fingerprint density at radius 3 is 1.82 bits per heavy atom. The van der Waals surface area contributed by atoms with Crippen molar-refractivity contribution < 1.29 is 33.8 Å². The first-order valence-electron chi connectivity index (χ1n) is 13.4. The molecule has 0 fully saturated rings. The van der Waals surface area contributed by atoms with Gasteiger partial charge in [0.25, 0.3) is 11.8 Å². The average molecular weight is 548 g/mol.